The summed E-state index contributed by atoms with van der Waals surface area (Å²) in [5.41, 5.74) is 0.636. The standard InChI is InChI=1S/C27H22F3NO6/c1-3-36-21-9-5-7-17(15-21)24(32)22-23(16-6-4-8-20(14-16)35-2)31(26(34)25(22)33)18-10-12-19(13-11-18)37-27(28,29)30/h4-15,23,32H,3H2,1-2H3/b24-22-. The number of ketones is 1. The van der Waals surface area contributed by atoms with Gasteiger partial charge in [0.15, 0.2) is 0 Å². The molecule has 1 saturated heterocycles. The Morgan fingerprint density at radius 1 is 0.946 bits per heavy atom. The number of alkyl halides is 3. The maximum absolute atomic E-state index is 13.3. The average molecular weight is 513 g/mol. The van der Waals surface area contributed by atoms with E-state index in [4.69, 9.17) is 9.47 Å². The van der Waals surface area contributed by atoms with Crippen molar-refractivity contribution >= 4 is 23.1 Å². The summed E-state index contributed by atoms with van der Waals surface area (Å²) in [6.45, 7) is 2.18. The summed E-state index contributed by atoms with van der Waals surface area (Å²) in [6.07, 6.45) is -4.89. The highest BCUT2D eigenvalue weighted by Crippen LogP contribution is 2.43. The van der Waals surface area contributed by atoms with Gasteiger partial charge in [-0.15, -0.1) is 13.2 Å². The van der Waals surface area contributed by atoms with Gasteiger partial charge in [0.05, 0.1) is 25.3 Å². The first-order valence-corrected chi connectivity index (χ1v) is 11.2. The number of amides is 1. The second kappa shape index (κ2) is 10.3. The van der Waals surface area contributed by atoms with E-state index in [9.17, 15) is 27.9 Å². The molecule has 10 heteroatoms. The topological polar surface area (TPSA) is 85.3 Å². The number of benzene rings is 3. The zero-order valence-corrected chi connectivity index (χ0v) is 19.8. The van der Waals surface area contributed by atoms with Crippen molar-refractivity contribution in [2.45, 2.75) is 19.3 Å². The molecule has 1 atom stereocenters. The molecule has 37 heavy (non-hydrogen) atoms. The Hall–Kier alpha value is -4.47. The van der Waals surface area contributed by atoms with E-state index >= 15 is 0 Å². The molecule has 0 bridgehead atoms. The van der Waals surface area contributed by atoms with Crippen molar-refractivity contribution in [3.8, 4) is 17.2 Å². The molecule has 1 aliphatic rings. The summed E-state index contributed by atoms with van der Waals surface area (Å²) in [7, 11) is 1.45. The third-order valence-corrected chi connectivity index (χ3v) is 5.62. The molecule has 0 aliphatic carbocycles. The van der Waals surface area contributed by atoms with Crippen molar-refractivity contribution < 1.29 is 42.1 Å². The number of carbonyl (C=O) groups is 2. The summed E-state index contributed by atoms with van der Waals surface area (Å²) in [5.74, 6) is -1.93. The molecule has 1 fully saturated rings. The molecule has 4 rings (SSSR count). The van der Waals surface area contributed by atoms with E-state index < -0.39 is 35.6 Å². The zero-order valence-electron chi connectivity index (χ0n) is 19.8. The Bertz CT molecular complexity index is 1350. The van der Waals surface area contributed by atoms with Gasteiger partial charge < -0.3 is 19.3 Å². The molecule has 3 aromatic carbocycles. The van der Waals surface area contributed by atoms with Crippen molar-refractivity contribution in [1.29, 1.82) is 0 Å². The highest BCUT2D eigenvalue weighted by atomic mass is 19.4. The molecule has 0 aromatic heterocycles. The van der Waals surface area contributed by atoms with Crippen LogP contribution in [-0.4, -0.2) is 36.9 Å². The summed E-state index contributed by atoms with van der Waals surface area (Å²) in [4.78, 5) is 27.6. The van der Waals surface area contributed by atoms with Gasteiger partial charge in [-0.25, -0.2) is 0 Å². The highest BCUT2D eigenvalue weighted by Gasteiger charge is 2.47. The fraction of sp³-hybridized carbons (Fsp3) is 0.185. The number of rotatable bonds is 7. The first-order valence-electron chi connectivity index (χ1n) is 11.2. The maximum atomic E-state index is 13.3. The highest BCUT2D eigenvalue weighted by molar-refractivity contribution is 6.51. The largest absolute Gasteiger partial charge is 0.573 e. The molecule has 192 valence electrons. The number of nitrogens with zero attached hydrogens (tertiary/aromatic N) is 1. The number of carbonyl (C=O) groups excluding carboxylic acids is 2. The SMILES string of the molecule is CCOc1cccc(/C(O)=C2/C(=O)C(=O)N(c3ccc(OC(F)(F)F)cc3)C2c2cccc(OC)c2)c1. The molecule has 0 spiro atoms. The number of aliphatic hydroxyl groups excluding tert-OH is 1. The van der Waals surface area contributed by atoms with Crippen LogP contribution in [-0.2, 0) is 9.59 Å². The predicted octanol–water partition coefficient (Wildman–Crippen LogP) is 5.62. The minimum Gasteiger partial charge on any atom is -0.507 e. The van der Waals surface area contributed by atoms with Gasteiger partial charge in [0.2, 0.25) is 0 Å². The fourth-order valence-corrected chi connectivity index (χ4v) is 4.09. The van der Waals surface area contributed by atoms with Crippen molar-refractivity contribution in [2.24, 2.45) is 0 Å². The number of ether oxygens (including phenoxy) is 3. The maximum Gasteiger partial charge on any atom is 0.573 e. The Balaban J connectivity index is 1.86. The molecule has 1 aliphatic heterocycles. The summed E-state index contributed by atoms with van der Waals surface area (Å²) in [6, 6.07) is 16.5. The van der Waals surface area contributed by atoms with Crippen molar-refractivity contribution in [3.63, 3.8) is 0 Å². The van der Waals surface area contributed by atoms with Crippen molar-refractivity contribution in [2.75, 3.05) is 18.6 Å². The minimum absolute atomic E-state index is 0.131. The molecule has 1 amide bonds. The average Bonchev–Trinajstić information content (AvgIpc) is 3.14. The number of halogens is 3. The van der Waals surface area contributed by atoms with Gasteiger partial charge in [0, 0.05) is 11.3 Å². The minimum atomic E-state index is -4.89. The molecule has 0 saturated carbocycles. The number of aliphatic hydroxyl groups is 1. The van der Waals surface area contributed by atoms with Gasteiger partial charge in [-0.3, -0.25) is 14.5 Å². The zero-order chi connectivity index (χ0) is 26.7. The molecular formula is C27H22F3NO6. The molecule has 3 aromatic rings. The van der Waals surface area contributed by atoms with Crippen LogP contribution in [0.3, 0.4) is 0 Å². The number of Topliss-reactive ketones (excluding diaryl/α,β-unsaturated/α-hetero) is 1. The van der Waals surface area contributed by atoms with Crippen LogP contribution in [0.25, 0.3) is 5.76 Å². The van der Waals surface area contributed by atoms with Crippen molar-refractivity contribution in [1.82, 2.24) is 0 Å². The first-order chi connectivity index (χ1) is 17.6. The molecule has 0 radical (unpaired) electrons. The van der Waals surface area contributed by atoms with E-state index in [1.807, 2.05) is 0 Å². The first kappa shape index (κ1) is 25.6. The molecule has 1 N–H and O–H groups in total. The van der Waals surface area contributed by atoms with Crippen LogP contribution < -0.4 is 19.1 Å². The summed E-state index contributed by atoms with van der Waals surface area (Å²) >= 11 is 0. The predicted molar refractivity (Wildman–Crippen MR) is 129 cm³/mol. The van der Waals surface area contributed by atoms with E-state index in [2.05, 4.69) is 4.74 Å². The normalized spacial score (nSPS) is 17.1. The Kier molecular flexibility index (Phi) is 7.10. The van der Waals surface area contributed by atoms with E-state index in [1.165, 1.54) is 25.3 Å². The quantitative estimate of drug-likeness (QED) is 0.251. The number of methoxy groups -OCH3 is 1. The smallest absolute Gasteiger partial charge is 0.507 e. The third kappa shape index (κ3) is 5.37. The van der Waals surface area contributed by atoms with Crippen LogP contribution in [0.2, 0.25) is 0 Å². The Morgan fingerprint density at radius 2 is 1.62 bits per heavy atom. The van der Waals surface area contributed by atoms with Gasteiger partial charge in [0.1, 0.15) is 23.0 Å². The third-order valence-electron chi connectivity index (χ3n) is 5.62. The fourth-order valence-electron chi connectivity index (χ4n) is 4.09. The molecular weight excluding hydrogens is 491 g/mol. The second-order valence-electron chi connectivity index (χ2n) is 7.95. The lowest BCUT2D eigenvalue weighted by atomic mass is 9.95. The van der Waals surface area contributed by atoms with E-state index in [0.29, 0.717) is 23.7 Å². The molecule has 1 unspecified atom stereocenters. The molecule has 7 nitrogen and oxygen atoms in total. The summed E-state index contributed by atoms with van der Waals surface area (Å²) in [5, 5.41) is 11.2. The van der Waals surface area contributed by atoms with Crippen LogP contribution in [0.4, 0.5) is 18.9 Å². The van der Waals surface area contributed by atoms with Crippen LogP contribution in [0, 0.1) is 0 Å². The summed E-state index contributed by atoms with van der Waals surface area (Å²) < 4.78 is 52.5. The van der Waals surface area contributed by atoms with E-state index in [1.54, 1.807) is 49.4 Å². The van der Waals surface area contributed by atoms with E-state index in [-0.39, 0.29) is 16.8 Å². The Labute approximate surface area is 210 Å². The Morgan fingerprint density at radius 3 is 2.27 bits per heavy atom. The number of hydrogen-bond acceptors (Lipinski definition) is 6. The van der Waals surface area contributed by atoms with Gasteiger partial charge >= 0.3 is 6.36 Å². The van der Waals surface area contributed by atoms with Crippen molar-refractivity contribution in [3.05, 3.63) is 89.5 Å². The van der Waals surface area contributed by atoms with Crippen LogP contribution >= 0.6 is 0 Å². The van der Waals surface area contributed by atoms with Gasteiger partial charge in [-0.1, -0.05) is 24.3 Å². The van der Waals surface area contributed by atoms with Crippen LogP contribution in [0.15, 0.2) is 78.4 Å². The van der Waals surface area contributed by atoms with Gasteiger partial charge in [0.25, 0.3) is 11.7 Å². The lowest BCUT2D eigenvalue weighted by Gasteiger charge is -2.26. The number of anilines is 1. The second-order valence-corrected chi connectivity index (χ2v) is 7.95. The van der Waals surface area contributed by atoms with Gasteiger partial charge in [-0.05, 0) is 61.0 Å². The lowest BCUT2D eigenvalue weighted by Crippen LogP contribution is -2.29. The monoisotopic (exact) mass is 513 g/mol. The van der Waals surface area contributed by atoms with Crippen LogP contribution in [0.1, 0.15) is 24.1 Å². The van der Waals surface area contributed by atoms with E-state index in [0.717, 1.165) is 17.0 Å². The van der Waals surface area contributed by atoms with Gasteiger partial charge in [-0.2, -0.15) is 0 Å². The lowest BCUT2D eigenvalue weighted by molar-refractivity contribution is -0.274. The number of hydrogen-bond donors (Lipinski definition) is 1. The van der Waals surface area contributed by atoms with Crippen LogP contribution in [0.5, 0.6) is 17.2 Å². The molecule has 1 heterocycles.